The number of hydrogen-bond acceptors (Lipinski definition) is 4. The van der Waals surface area contributed by atoms with Crippen LogP contribution in [0.1, 0.15) is 43.7 Å². The van der Waals surface area contributed by atoms with E-state index in [0.29, 0.717) is 11.6 Å². The summed E-state index contributed by atoms with van der Waals surface area (Å²) in [7, 11) is 0. The highest BCUT2D eigenvalue weighted by molar-refractivity contribution is 5.47. The van der Waals surface area contributed by atoms with Crippen LogP contribution >= 0.6 is 0 Å². The van der Waals surface area contributed by atoms with E-state index in [1.165, 1.54) is 31.4 Å². The second-order valence-corrected chi connectivity index (χ2v) is 5.52. The fourth-order valence-electron chi connectivity index (χ4n) is 2.95. The second-order valence-electron chi connectivity index (χ2n) is 5.52. The lowest BCUT2D eigenvalue weighted by atomic mass is 9.86. The van der Waals surface area contributed by atoms with E-state index in [9.17, 15) is 10.1 Å². The molecule has 0 radical (unpaired) electrons. The molecule has 0 bridgehead atoms. The Morgan fingerprint density at radius 3 is 2.48 bits per heavy atom. The molecular formula is C15H18N4O2. The molecule has 2 aromatic rings. The van der Waals surface area contributed by atoms with Crippen LogP contribution < -0.4 is 5.73 Å². The summed E-state index contributed by atoms with van der Waals surface area (Å²) in [6.45, 7) is 0. The molecule has 6 heteroatoms. The lowest BCUT2D eigenvalue weighted by Crippen LogP contribution is -2.07. The van der Waals surface area contributed by atoms with Gasteiger partial charge >= 0.3 is 0 Å². The molecule has 6 nitrogen and oxygen atoms in total. The number of anilines is 1. The lowest BCUT2D eigenvalue weighted by Gasteiger charge is -2.20. The van der Waals surface area contributed by atoms with Gasteiger partial charge in [0.15, 0.2) is 0 Å². The van der Waals surface area contributed by atoms with E-state index in [-0.39, 0.29) is 5.69 Å². The molecule has 2 N–H and O–H groups in total. The molecule has 1 aliphatic rings. The van der Waals surface area contributed by atoms with Gasteiger partial charge in [-0.2, -0.15) is 5.10 Å². The number of nitro benzene ring substituents is 1. The summed E-state index contributed by atoms with van der Waals surface area (Å²) < 4.78 is 1.71. The number of nitro groups is 1. The summed E-state index contributed by atoms with van der Waals surface area (Å²) in [5.74, 6) is 0.443. The fourth-order valence-corrected chi connectivity index (χ4v) is 2.95. The minimum Gasteiger partial charge on any atom is -0.396 e. The molecule has 0 atom stereocenters. The van der Waals surface area contributed by atoms with Crippen LogP contribution in [0.5, 0.6) is 0 Å². The molecule has 1 aromatic carbocycles. The molecule has 21 heavy (non-hydrogen) atoms. The van der Waals surface area contributed by atoms with E-state index < -0.39 is 4.92 Å². The maximum Gasteiger partial charge on any atom is 0.269 e. The Hall–Kier alpha value is -2.37. The molecule has 1 saturated carbocycles. The molecule has 0 aliphatic heterocycles. The molecule has 0 unspecified atom stereocenters. The number of nitrogen functional groups attached to an aromatic ring is 1. The van der Waals surface area contributed by atoms with Crippen LogP contribution in [0, 0.1) is 10.1 Å². The Bertz CT molecular complexity index is 642. The van der Waals surface area contributed by atoms with Gasteiger partial charge in [0.2, 0.25) is 0 Å². The van der Waals surface area contributed by atoms with Gasteiger partial charge in [-0.15, -0.1) is 0 Å². The van der Waals surface area contributed by atoms with Gasteiger partial charge < -0.3 is 5.73 Å². The Labute approximate surface area is 122 Å². The minimum atomic E-state index is -0.408. The van der Waals surface area contributed by atoms with Crippen molar-refractivity contribution in [2.24, 2.45) is 0 Å². The van der Waals surface area contributed by atoms with E-state index in [0.717, 1.165) is 24.2 Å². The number of hydrogen-bond donors (Lipinski definition) is 1. The highest BCUT2D eigenvalue weighted by atomic mass is 16.6. The molecule has 3 rings (SSSR count). The largest absolute Gasteiger partial charge is 0.396 e. The summed E-state index contributed by atoms with van der Waals surface area (Å²) in [6.07, 6.45) is 7.83. The summed E-state index contributed by atoms with van der Waals surface area (Å²) in [5, 5.41) is 15.3. The van der Waals surface area contributed by atoms with Crippen molar-refractivity contribution in [3.63, 3.8) is 0 Å². The first kappa shape index (κ1) is 13.6. The third kappa shape index (κ3) is 2.74. The van der Waals surface area contributed by atoms with Gasteiger partial charge in [-0.3, -0.25) is 10.1 Å². The van der Waals surface area contributed by atoms with Crippen LogP contribution in [0.4, 0.5) is 11.4 Å². The first-order valence-electron chi connectivity index (χ1n) is 7.25. The van der Waals surface area contributed by atoms with Crippen molar-refractivity contribution in [3.05, 3.63) is 46.3 Å². The van der Waals surface area contributed by atoms with Gasteiger partial charge in [-0.25, -0.2) is 4.68 Å². The van der Waals surface area contributed by atoms with Gasteiger partial charge in [0.1, 0.15) is 0 Å². The topological polar surface area (TPSA) is 87.0 Å². The molecule has 1 heterocycles. The van der Waals surface area contributed by atoms with Crippen molar-refractivity contribution in [2.75, 3.05) is 5.73 Å². The Balaban J connectivity index is 1.87. The lowest BCUT2D eigenvalue weighted by molar-refractivity contribution is -0.384. The third-order valence-electron chi connectivity index (χ3n) is 4.09. The summed E-state index contributed by atoms with van der Waals surface area (Å²) in [6, 6.07) is 6.34. The van der Waals surface area contributed by atoms with Crippen LogP contribution in [-0.4, -0.2) is 14.7 Å². The minimum absolute atomic E-state index is 0.0754. The van der Waals surface area contributed by atoms with Gasteiger partial charge in [-0.05, 0) is 25.0 Å². The van der Waals surface area contributed by atoms with Crippen molar-refractivity contribution in [1.82, 2.24) is 9.78 Å². The Morgan fingerprint density at radius 1 is 1.19 bits per heavy atom. The quantitative estimate of drug-likeness (QED) is 0.692. The molecule has 1 aromatic heterocycles. The molecule has 110 valence electrons. The highest BCUT2D eigenvalue weighted by Gasteiger charge is 2.21. The van der Waals surface area contributed by atoms with Crippen molar-refractivity contribution in [3.8, 4) is 5.69 Å². The average molecular weight is 286 g/mol. The first-order chi connectivity index (χ1) is 10.1. The SMILES string of the molecule is Nc1cn(-c2ccc([N+](=O)[O-])cc2)nc1C1CCCCC1. The molecule has 1 fully saturated rings. The molecule has 1 aliphatic carbocycles. The van der Waals surface area contributed by atoms with E-state index in [4.69, 9.17) is 5.73 Å². The number of non-ortho nitro benzene ring substituents is 1. The molecule has 0 amide bonds. The number of nitrogens with zero attached hydrogens (tertiary/aromatic N) is 3. The van der Waals surface area contributed by atoms with Gasteiger partial charge in [0.05, 0.1) is 28.2 Å². The fraction of sp³-hybridized carbons (Fsp3) is 0.400. The number of aromatic nitrogens is 2. The maximum absolute atomic E-state index is 10.7. The second kappa shape index (κ2) is 5.55. The van der Waals surface area contributed by atoms with Gasteiger partial charge in [0, 0.05) is 18.1 Å². The van der Waals surface area contributed by atoms with Gasteiger partial charge in [0.25, 0.3) is 5.69 Å². The van der Waals surface area contributed by atoms with Gasteiger partial charge in [-0.1, -0.05) is 19.3 Å². The zero-order chi connectivity index (χ0) is 14.8. The Morgan fingerprint density at radius 2 is 1.86 bits per heavy atom. The number of nitrogens with two attached hydrogens (primary N) is 1. The van der Waals surface area contributed by atoms with E-state index in [1.54, 1.807) is 23.0 Å². The predicted molar refractivity (Wildman–Crippen MR) is 80.5 cm³/mol. The van der Waals surface area contributed by atoms with Crippen molar-refractivity contribution >= 4 is 11.4 Å². The summed E-state index contributed by atoms with van der Waals surface area (Å²) >= 11 is 0. The van der Waals surface area contributed by atoms with E-state index >= 15 is 0 Å². The van der Waals surface area contributed by atoms with Crippen LogP contribution in [0.2, 0.25) is 0 Å². The first-order valence-corrected chi connectivity index (χ1v) is 7.25. The van der Waals surface area contributed by atoms with Crippen LogP contribution in [0.15, 0.2) is 30.5 Å². The van der Waals surface area contributed by atoms with E-state index in [2.05, 4.69) is 5.10 Å². The number of benzene rings is 1. The zero-order valence-corrected chi connectivity index (χ0v) is 11.7. The maximum atomic E-state index is 10.7. The average Bonchev–Trinajstić information content (AvgIpc) is 2.90. The molecule has 0 spiro atoms. The van der Waals surface area contributed by atoms with Crippen molar-refractivity contribution in [1.29, 1.82) is 0 Å². The predicted octanol–water partition coefficient (Wildman–Crippen LogP) is 3.41. The summed E-state index contributed by atoms with van der Waals surface area (Å²) in [4.78, 5) is 10.3. The monoisotopic (exact) mass is 286 g/mol. The zero-order valence-electron chi connectivity index (χ0n) is 11.7. The standard InChI is InChI=1S/C15H18N4O2/c16-14-10-18(12-6-8-13(9-7-12)19(20)21)17-15(14)11-4-2-1-3-5-11/h6-11H,1-5,16H2. The number of rotatable bonds is 3. The van der Waals surface area contributed by atoms with E-state index in [1.807, 2.05) is 0 Å². The van der Waals surface area contributed by atoms with Crippen LogP contribution in [0.25, 0.3) is 5.69 Å². The Kier molecular flexibility index (Phi) is 3.60. The van der Waals surface area contributed by atoms with Crippen LogP contribution in [-0.2, 0) is 0 Å². The smallest absolute Gasteiger partial charge is 0.269 e. The summed E-state index contributed by atoms with van der Waals surface area (Å²) in [5.41, 5.74) is 8.63. The molecular weight excluding hydrogens is 268 g/mol. The molecule has 0 saturated heterocycles. The van der Waals surface area contributed by atoms with Crippen molar-refractivity contribution in [2.45, 2.75) is 38.0 Å². The highest BCUT2D eigenvalue weighted by Crippen LogP contribution is 2.34. The third-order valence-corrected chi connectivity index (χ3v) is 4.09. The van der Waals surface area contributed by atoms with Crippen LogP contribution in [0.3, 0.4) is 0 Å². The van der Waals surface area contributed by atoms with Crippen molar-refractivity contribution < 1.29 is 4.92 Å². The normalized spacial score (nSPS) is 16.0.